The first kappa shape index (κ1) is 11.1. The van der Waals surface area contributed by atoms with Crippen molar-refractivity contribution in [2.45, 2.75) is 23.5 Å². The quantitative estimate of drug-likeness (QED) is 0.771. The highest BCUT2D eigenvalue weighted by molar-refractivity contribution is 7.99. The lowest BCUT2D eigenvalue weighted by Crippen LogP contribution is -1.98. The van der Waals surface area contributed by atoms with E-state index in [1.165, 1.54) is 0 Å². The fourth-order valence-electron chi connectivity index (χ4n) is 1.11. The molecule has 0 spiro atoms. The Hall–Kier alpha value is -0.980. The van der Waals surface area contributed by atoms with Crippen LogP contribution in [0, 0.1) is 11.3 Å². The molecule has 74 valence electrons. The lowest BCUT2D eigenvalue weighted by Gasteiger charge is -2.08. The van der Waals surface area contributed by atoms with E-state index in [1.807, 2.05) is 18.2 Å². The minimum absolute atomic E-state index is 0.214. The number of thioether (sulfide) groups is 1. The molecule has 0 heterocycles. The topological polar surface area (TPSA) is 44.0 Å². The van der Waals surface area contributed by atoms with Gasteiger partial charge >= 0.3 is 0 Å². The Kier molecular flexibility index (Phi) is 4.51. The van der Waals surface area contributed by atoms with Crippen molar-refractivity contribution < 1.29 is 5.11 Å². The minimum Gasteiger partial charge on any atom is -0.396 e. The predicted molar refractivity (Wildman–Crippen MR) is 58.2 cm³/mol. The van der Waals surface area contributed by atoms with Gasteiger partial charge in [-0.05, 0) is 24.6 Å². The Balaban J connectivity index is 2.63. The van der Waals surface area contributed by atoms with Crippen molar-refractivity contribution in [2.24, 2.45) is 0 Å². The third-order valence-corrected chi connectivity index (χ3v) is 3.00. The zero-order valence-electron chi connectivity index (χ0n) is 8.10. The number of benzene rings is 1. The van der Waals surface area contributed by atoms with Crippen molar-refractivity contribution >= 4 is 11.8 Å². The molecular weight excluding hydrogens is 194 g/mol. The average molecular weight is 207 g/mol. The third kappa shape index (κ3) is 3.41. The Morgan fingerprint density at radius 2 is 2.36 bits per heavy atom. The molecule has 0 fully saturated rings. The van der Waals surface area contributed by atoms with E-state index in [4.69, 9.17) is 10.4 Å². The number of aliphatic hydroxyl groups is 1. The first-order chi connectivity index (χ1) is 6.76. The summed E-state index contributed by atoms with van der Waals surface area (Å²) in [6, 6.07) is 9.64. The van der Waals surface area contributed by atoms with Crippen molar-refractivity contribution in [3.63, 3.8) is 0 Å². The van der Waals surface area contributed by atoms with Gasteiger partial charge in [-0.25, -0.2) is 0 Å². The highest BCUT2D eigenvalue weighted by atomic mass is 32.2. The van der Waals surface area contributed by atoms with E-state index >= 15 is 0 Å². The fourth-order valence-corrected chi connectivity index (χ4v) is 2.15. The molecule has 0 amide bonds. The molecule has 1 aromatic rings. The minimum atomic E-state index is 0.214. The molecule has 3 heteroatoms. The van der Waals surface area contributed by atoms with Crippen LogP contribution < -0.4 is 0 Å². The first-order valence-corrected chi connectivity index (χ1v) is 5.42. The highest BCUT2D eigenvalue weighted by Crippen LogP contribution is 2.25. The van der Waals surface area contributed by atoms with Gasteiger partial charge in [-0.15, -0.1) is 11.8 Å². The monoisotopic (exact) mass is 207 g/mol. The third-order valence-electron chi connectivity index (χ3n) is 1.84. The summed E-state index contributed by atoms with van der Waals surface area (Å²) in [7, 11) is 0. The summed E-state index contributed by atoms with van der Waals surface area (Å²) in [5, 5.41) is 17.8. The molecule has 1 unspecified atom stereocenters. The van der Waals surface area contributed by atoms with Gasteiger partial charge in [0, 0.05) is 16.8 Å². The van der Waals surface area contributed by atoms with Crippen molar-refractivity contribution in [1.82, 2.24) is 0 Å². The molecule has 0 aliphatic rings. The van der Waals surface area contributed by atoms with Crippen LogP contribution in [0.15, 0.2) is 29.2 Å². The van der Waals surface area contributed by atoms with Crippen LogP contribution in [-0.2, 0) is 0 Å². The Morgan fingerprint density at radius 1 is 1.57 bits per heavy atom. The van der Waals surface area contributed by atoms with Gasteiger partial charge in [-0.2, -0.15) is 5.26 Å². The number of nitrogens with zero attached hydrogens (tertiary/aromatic N) is 1. The molecule has 0 saturated heterocycles. The molecule has 1 N–H and O–H groups in total. The van der Waals surface area contributed by atoms with Gasteiger partial charge in [-0.1, -0.05) is 13.0 Å². The van der Waals surface area contributed by atoms with Crippen LogP contribution in [-0.4, -0.2) is 17.0 Å². The van der Waals surface area contributed by atoms with Gasteiger partial charge in [0.25, 0.3) is 0 Å². The summed E-state index contributed by atoms with van der Waals surface area (Å²) in [6.45, 7) is 2.28. The van der Waals surface area contributed by atoms with Crippen molar-refractivity contribution in [3.8, 4) is 6.07 Å². The summed E-state index contributed by atoms with van der Waals surface area (Å²) in [5.74, 6) is 0. The fraction of sp³-hybridized carbons (Fsp3) is 0.364. The number of rotatable bonds is 4. The zero-order chi connectivity index (χ0) is 10.4. The first-order valence-electron chi connectivity index (χ1n) is 4.54. The van der Waals surface area contributed by atoms with E-state index in [0.29, 0.717) is 10.8 Å². The van der Waals surface area contributed by atoms with Crippen LogP contribution >= 0.6 is 11.8 Å². The molecule has 1 aromatic carbocycles. The summed E-state index contributed by atoms with van der Waals surface area (Å²) in [6.07, 6.45) is 0.779. The lowest BCUT2D eigenvalue weighted by molar-refractivity contribution is 0.289. The molecule has 0 saturated carbocycles. The van der Waals surface area contributed by atoms with Crippen molar-refractivity contribution in [3.05, 3.63) is 29.8 Å². The summed E-state index contributed by atoms with van der Waals surface area (Å²) in [4.78, 5) is 1.09. The molecule has 1 rings (SSSR count). The molecule has 0 aliphatic carbocycles. The van der Waals surface area contributed by atoms with Crippen molar-refractivity contribution in [2.75, 3.05) is 6.61 Å². The van der Waals surface area contributed by atoms with Crippen LogP contribution in [0.3, 0.4) is 0 Å². The van der Waals surface area contributed by atoms with E-state index in [0.717, 1.165) is 11.3 Å². The van der Waals surface area contributed by atoms with E-state index in [1.54, 1.807) is 17.8 Å². The smallest absolute Gasteiger partial charge is 0.0992 e. The van der Waals surface area contributed by atoms with E-state index in [2.05, 4.69) is 13.0 Å². The molecule has 0 radical (unpaired) electrons. The van der Waals surface area contributed by atoms with Gasteiger partial charge in [-0.3, -0.25) is 0 Å². The second-order valence-corrected chi connectivity index (χ2v) is 4.59. The van der Waals surface area contributed by atoms with Crippen LogP contribution in [0.4, 0.5) is 0 Å². The zero-order valence-corrected chi connectivity index (χ0v) is 8.92. The van der Waals surface area contributed by atoms with Gasteiger partial charge < -0.3 is 5.11 Å². The second-order valence-electron chi connectivity index (χ2n) is 3.08. The Morgan fingerprint density at radius 3 is 3.00 bits per heavy atom. The van der Waals surface area contributed by atoms with Crippen LogP contribution in [0.2, 0.25) is 0 Å². The number of aliphatic hydroxyl groups excluding tert-OH is 1. The maximum atomic E-state index is 8.75. The van der Waals surface area contributed by atoms with E-state index in [-0.39, 0.29) is 6.61 Å². The summed E-state index contributed by atoms with van der Waals surface area (Å²) < 4.78 is 0. The molecular formula is C11H13NOS. The highest BCUT2D eigenvalue weighted by Gasteiger charge is 2.03. The van der Waals surface area contributed by atoms with Gasteiger partial charge in [0.05, 0.1) is 11.6 Å². The van der Waals surface area contributed by atoms with Crippen LogP contribution in [0.5, 0.6) is 0 Å². The van der Waals surface area contributed by atoms with E-state index < -0.39 is 0 Å². The lowest BCUT2D eigenvalue weighted by atomic mass is 10.2. The van der Waals surface area contributed by atoms with Crippen molar-refractivity contribution in [1.29, 1.82) is 5.26 Å². The normalized spacial score (nSPS) is 12.1. The number of hydrogen-bond donors (Lipinski definition) is 1. The summed E-state index contributed by atoms with van der Waals surface area (Å²) >= 11 is 1.69. The maximum absolute atomic E-state index is 8.75. The molecule has 14 heavy (non-hydrogen) atoms. The summed E-state index contributed by atoms with van der Waals surface area (Å²) in [5.41, 5.74) is 0.686. The maximum Gasteiger partial charge on any atom is 0.0992 e. The molecule has 0 aliphatic heterocycles. The second kappa shape index (κ2) is 5.69. The van der Waals surface area contributed by atoms with Crippen LogP contribution in [0.1, 0.15) is 18.9 Å². The van der Waals surface area contributed by atoms with Crippen LogP contribution in [0.25, 0.3) is 0 Å². The predicted octanol–water partition coefficient (Wildman–Crippen LogP) is 2.42. The van der Waals surface area contributed by atoms with E-state index in [9.17, 15) is 0 Å². The molecule has 0 aromatic heterocycles. The SMILES string of the molecule is CC(CCO)Sc1cccc(C#N)c1. The Labute approximate surface area is 88.6 Å². The largest absolute Gasteiger partial charge is 0.396 e. The average Bonchev–Trinajstić information content (AvgIpc) is 2.18. The van der Waals surface area contributed by atoms with Gasteiger partial charge in [0.15, 0.2) is 0 Å². The molecule has 0 bridgehead atoms. The van der Waals surface area contributed by atoms with Gasteiger partial charge in [0.1, 0.15) is 0 Å². The molecule has 1 atom stereocenters. The number of nitriles is 1. The molecule has 2 nitrogen and oxygen atoms in total. The van der Waals surface area contributed by atoms with Gasteiger partial charge in [0.2, 0.25) is 0 Å². The number of hydrogen-bond acceptors (Lipinski definition) is 3. The Bertz CT molecular complexity index is 332. The standard InChI is InChI=1S/C11H13NOS/c1-9(5-6-13)14-11-4-2-3-10(7-11)8-12/h2-4,7,9,13H,5-6H2,1H3.